The molecule has 0 aliphatic heterocycles. The molecule has 4 aromatic carbocycles. The van der Waals surface area contributed by atoms with Crippen LogP contribution >= 0.6 is 0 Å². The largest absolute Gasteiger partial charge is 0.418 e. The summed E-state index contributed by atoms with van der Waals surface area (Å²) in [5.74, 6) is -30.8. The van der Waals surface area contributed by atoms with Crippen LogP contribution in [0, 0.1) is 72.0 Å². The van der Waals surface area contributed by atoms with Gasteiger partial charge in [0.15, 0.2) is 13.2 Å². The number of aryl methyl sites for hydroxylation is 2. The normalized spacial score (nSPS) is 11.5. The van der Waals surface area contributed by atoms with Crippen LogP contribution in [0.3, 0.4) is 0 Å². The lowest BCUT2D eigenvalue weighted by Gasteiger charge is -2.09. The Morgan fingerprint density at radius 3 is 0.923 bits per heavy atom. The van der Waals surface area contributed by atoms with Crippen molar-refractivity contribution in [2.75, 3.05) is 13.2 Å². The van der Waals surface area contributed by atoms with Gasteiger partial charge >= 0.3 is 11.9 Å². The number of esters is 2. The summed E-state index contributed by atoms with van der Waals surface area (Å²) < 4.78 is 195. The fourth-order valence-corrected chi connectivity index (χ4v) is 5.15. The molecule has 0 unspecified atom stereocenters. The van der Waals surface area contributed by atoms with Crippen LogP contribution in [0.1, 0.15) is 11.1 Å². The van der Waals surface area contributed by atoms with Gasteiger partial charge in [0.25, 0.3) is 20.2 Å². The highest BCUT2D eigenvalue weighted by atomic mass is 32.2. The number of rotatable bonds is 10. The molecule has 4 aromatic rings. The standard InChI is InChI=1S/2C15H9F5O5S/c2*1-7-2-4-8(5-3-7)26(22,23)24-6-9(21)25-15-13(19)11(17)10(16)12(18)14(15)20/h2*2-5H,6H2,1H3. The maximum Gasteiger partial charge on any atom is 0.339 e. The molecular formula is C30H18F10O10S2. The van der Waals surface area contributed by atoms with Crippen LogP contribution in [0.4, 0.5) is 43.9 Å². The molecule has 0 atom stereocenters. The number of hydrogen-bond acceptors (Lipinski definition) is 10. The van der Waals surface area contributed by atoms with Gasteiger partial charge in [0.05, 0.1) is 9.79 Å². The quantitative estimate of drug-likeness (QED) is 0.0469. The van der Waals surface area contributed by atoms with Crippen LogP contribution in [0.2, 0.25) is 0 Å². The molecule has 280 valence electrons. The van der Waals surface area contributed by atoms with Crippen LogP contribution < -0.4 is 9.47 Å². The van der Waals surface area contributed by atoms with E-state index >= 15 is 0 Å². The van der Waals surface area contributed by atoms with Gasteiger partial charge in [0.1, 0.15) is 0 Å². The molecule has 0 saturated heterocycles. The first-order chi connectivity index (χ1) is 24.1. The molecule has 22 heteroatoms. The minimum absolute atomic E-state index is 0.313. The first kappa shape index (κ1) is 41.4. The van der Waals surface area contributed by atoms with Gasteiger partial charge in [-0.2, -0.15) is 34.4 Å². The van der Waals surface area contributed by atoms with Crippen LogP contribution in [0.15, 0.2) is 58.3 Å². The molecule has 0 amide bonds. The van der Waals surface area contributed by atoms with Gasteiger partial charge in [-0.3, -0.25) is 8.37 Å². The minimum Gasteiger partial charge on any atom is -0.418 e. The topological polar surface area (TPSA) is 139 Å². The van der Waals surface area contributed by atoms with Gasteiger partial charge in [0.2, 0.25) is 69.7 Å². The zero-order valence-corrected chi connectivity index (χ0v) is 27.3. The van der Waals surface area contributed by atoms with Crippen LogP contribution in [0.25, 0.3) is 0 Å². The average Bonchev–Trinajstić information content (AvgIpc) is 3.11. The van der Waals surface area contributed by atoms with Crippen molar-refractivity contribution in [1.29, 1.82) is 0 Å². The number of halogens is 10. The van der Waals surface area contributed by atoms with Gasteiger partial charge in [-0.1, -0.05) is 35.4 Å². The summed E-state index contributed by atoms with van der Waals surface area (Å²) in [5, 5.41) is 0. The highest BCUT2D eigenvalue weighted by molar-refractivity contribution is 7.87. The van der Waals surface area contributed by atoms with Crippen molar-refractivity contribution in [1.82, 2.24) is 0 Å². The van der Waals surface area contributed by atoms with Gasteiger partial charge in [0, 0.05) is 0 Å². The number of hydrogen-bond donors (Lipinski definition) is 0. The van der Waals surface area contributed by atoms with E-state index in [9.17, 15) is 70.3 Å². The molecule has 10 nitrogen and oxygen atoms in total. The third-order valence-electron chi connectivity index (χ3n) is 6.05. The van der Waals surface area contributed by atoms with E-state index < -0.39 is 115 Å². The molecule has 0 N–H and O–H groups in total. The van der Waals surface area contributed by atoms with Crippen molar-refractivity contribution in [3.63, 3.8) is 0 Å². The van der Waals surface area contributed by atoms with Gasteiger partial charge in [-0.05, 0) is 38.1 Å². The Labute approximate surface area is 286 Å². The van der Waals surface area contributed by atoms with E-state index in [1.54, 1.807) is 13.8 Å². The van der Waals surface area contributed by atoms with Gasteiger partial charge in [-0.15, -0.1) is 0 Å². The lowest BCUT2D eigenvalue weighted by molar-refractivity contribution is -0.137. The molecule has 0 saturated carbocycles. The van der Waals surface area contributed by atoms with Gasteiger partial charge < -0.3 is 9.47 Å². The summed E-state index contributed by atoms with van der Waals surface area (Å²) in [5.41, 5.74) is 1.49. The van der Waals surface area contributed by atoms with Crippen molar-refractivity contribution in [3.8, 4) is 11.5 Å². The van der Waals surface area contributed by atoms with E-state index in [0.29, 0.717) is 0 Å². The van der Waals surface area contributed by atoms with Crippen molar-refractivity contribution >= 4 is 32.2 Å². The van der Waals surface area contributed by atoms with Crippen LogP contribution in [-0.4, -0.2) is 42.0 Å². The maximum atomic E-state index is 13.4. The third-order valence-corrected chi connectivity index (χ3v) is 8.61. The monoisotopic (exact) mass is 792 g/mol. The molecule has 0 bridgehead atoms. The summed E-state index contributed by atoms with van der Waals surface area (Å²) in [6.45, 7) is 0.683. The van der Waals surface area contributed by atoms with E-state index in [1.165, 1.54) is 48.5 Å². The Kier molecular flexibility index (Phi) is 13.1. The predicted molar refractivity (Wildman–Crippen MR) is 152 cm³/mol. The lowest BCUT2D eigenvalue weighted by atomic mass is 10.2. The van der Waals surface area contributed by atoms with E-state index in [4.69, 9.17) is 0 Å². The van der Waals surface area contributed by atoms with Crippen LogP contribution in [-0.2, 0) is 38.2 Å². The Bertz CT molecular complexity index is 2020. The lowest BCUT2D eigenvalue weighted by Crippen LogP contribution is -2.21. The summed E-state index contributed by atoms with van der Waals surface area (Å²) in [7, 11) is -8.81. The van der Waals surface area contributed by atoms with Crippen molar-refractivity contribution in [2.45, 2.75) is 23.6 Å². The summed E-state index contributed by atoms with van der Waals surface area (Å²) >= 11 is 0. The SMILES string of the molecule is Cc1ccc(S(=O)(=O)OCC(=O)Oc2c(F)c(F)c(F)c(F)c2F)cc1.Cc1ccc(S(=O)(=O)OCC(=O)Oc2c(F)c(F)c(F)c(F)c2F)cc1. The second-order valence-corrected chi connectivity index (χ2v) is 13.0. The number of benzene rings is 4. The number of carbonyl (C=O) groups excluding carboxylic acids is 2. The molecule has 0 aliphatic carbocycles. The molecule has 0 fully saturated rings. The second kappa shape index (κ2) is 16.5. The van der Waals surface area contributed by atoms with Crippen molar-refractivity contribution in [2.24, 2.45) is 0 Å². The molecule has 4 rings (SSSR count). The molecule has 52 heavy (non-hydrogen) atoms. The molecule has 0 aliphatic rings. The Balaban J connectivity index is 0.000000280. The van der Waals surface area contributed by atoms with E-state index in [1.807, 2.05) is 0 Å². The van der Waals surface area contributed by atoms with Crippen LogP contribution in [0.5, 0.6) is 11.5 Å². The van der Waals surface area contributed by atoms with E-state index in [0.717, 1.165) is 11.1 Å². The van der Waals surface area contributed by atoms with Gasteiger partial charge in [-0.25, -0.2) is 35.9 Å². The number of ether oxygens (including phenoxy) is 2. The predicted octanol–water partition coefficient (Wildman–Crippen LogP) is 6.00. The molecule has 0 radical (unpaired) electrons. The highest BCUT2D eigenvalue weighted by Crippen LogP contribution is 2.30. The van der Waals surface area contributed by atoms with E-state index in [-0.39, 0.29) is 9.79 Å². The molecule has 0 aromatic heterocycles. The fraction of sp³-hybridized carbons (Fsp3) is 0.133. The zero-order valence-electron chi connectivity index (χ0n) is 25.7. The second-order valence-electron chi connectivity index (χ2n) is 9.80. The molecule has 0 heterocycles. The van der Waals surface area contributed by atoms with Crippen molar-refractivity contribution in [3.05, 3.63) is 118 Å². The third kappa shape index (κ3) is 9.63. The van der Waals surface area contributed by atoms with Crippen molar-refractivity contribution < 1.29 is 88.2 Å². The average molecular weight is 793 g/mol. The first-order valence-electron chi connectivity index (χ1n) is 13.5. The zero-order chi connectivity index (χ0) is 39.3. The summed E-state index contributed by atoms with van der Waals surface area (Å²) in [4.78, 5) is 22.3. The Hall–Kier alpha value is -5.06. The fourth-order valence-electron chi connectivity index (χ4n) is 3.43. The molecule has 0 spiro atoms. The maximum absolute atomic E-state index is 13.4. The highest BCUT2D eigenvalue weighted by Gasteiger charge is 2.30. The summed E-state index contributed by atoms with van der Waals surface area (Å²) in [6, 6.07) is 10.5. The summed E-state index contributed by atoms with van der Waals surface area (Å²) in [6.07, 6.45) is 0. The minimum atomic E-state index is -4.40. The first-order valence-corrected chi connectivity index (χ1v) is 16.3. The Morgan fingerprint density at radius 2 is 0.673 bits per heavy atom. The number of carbonyl (C=O) groups is 2. The van der Waals surface area contributed by atoms with E-state index in [2.05, 4.69) is 17.8 Å². The smallest absolute Gasteiger partial charge is 0.339 e. The molecular weight excluding hydrogens is 774 g/mol. The Morgan fingerprint density at radius 1 is 0.442 bits per heavy atom.